The number of nitrogens with one attached hydrogen (secondary N) is 2. The topological polar surface area (TPSA) is 72.6 Å². The number of carbonyl (C=O) groups excluding carboxylic acids is 1. The number of methoxy groups -OCH3 is 3. The standard InChI is InChI=1S/C18H17ClN2O4/c1-23-14-8-13-15(17(25-3)16(14)24-2)10(9-20-13)18(22)21-12-7-5-4-6-11(12)19/h4-9,20H,1-3H3,(H,21,22). The summed E-state index contributed by atoms with van der Waals surface area (Å²) < 4.78 is 16.2. The Bertz CT molecular complexity index is 936. The van der Waals surface area contributed by atoms with Gasteiger partial charge in [0, 0.05) is 12.3 Å². The van der Waals surface area contributed by atoms with Crippen molar-refractivity contribution in [2.45, 2.75) is 0 Å². The first-order valence-electron chi connectivity index (χ1n) is 7.46. The molecule has 0 aliphatic rings. The SMILES string of the molecule is COc1cc2[nH]cc(C(=O)Nc3ccccc3Cl)c2c(OC)c1OC. The van der Waals surface area contributed by atoms with Crippen LogP contribution in [-0.4, -0.2) is 32.2 Å². The summed E-state index contributed by atoms with van der Waals surface area (Å²) in [4.78, 5) is 15.8. The van der Waals surface area contributed by atoms with Crippen LogP contribution < -0.4 is 19.5 Å². The molecule has 25 heavy (non-hydrogen) atoms. The van der Waals surface area contributed by atoms with Crippen molar-refractivity contribution in [1.82, 2.24) is 4.98 Å². The molecule has 7 heteroatoms. The van der Waals surface area contributed by atoms with Crippen molar-refractivity contribution in [1.29, 1.82) is 0 Å². The fraction of sp³-hybridized carbons (Fsp3) is 0.167. The maximum atomic E-state index is 12.7. The highest BCUT2D eigenvalue weighted by molar-refractivity contribution is 6.34. The van der Waals surface area contributed by atoms with Gasteiger partial charge >= 0.3 is 0 Å². The van der Waals surface area contributed by atoms with Gasteiger partial charge in [0.2, 0.25) is 5.75 Å². The fourth-order valence-corrected chi connectivity index (χ4v) is 2.87. The number of aromatic nitrogens is 1. The van der Waals surface area contributed by atoms with Crippen molar-refractivity contribution in [3.05, 3.63) is 47.1 Å². The van der Waals surface area contributed by atoms with E-state index < -0.39 is 0 Å². The number of aromatic amines is 1. The normalized spacial score (nSPS) is 10.6. The lowest BCUT2D eigenvalue weighted by molar-refractivity contribution is 0.102. The Morgan fingerprint density at radius 2 is 1.80 bits per heavy atom. The fourth-order valence-electron chi connectivity index (χ4n) is 2.69. The van der Waals surface area contributed by atoms with Crippen LogP contribution in [0.25, 0.3) is 10.9 Å². The predicted molar refractivity (Wildman–Crippen MR) is 97.4 cm³/mol. The molecule has 0 saturated heterocycles. The Morgan fingerprint density at radius 3 is 2.44 bits per heavy atom. The molecule has 0 bridgehead atoms. The zero-order chi connectivity index (χ0) is 18.0. The van der Waals surface area contributed by atoms with Crippen LogP contribution >= 0.6 is 11.6 Å². The van der Waals surface area contributed by atoms with Crippen molar-refractivity contribution in [3.63, 3.8) is 0 Å². The van der Waals surface area contributed by atoms with Gasteiger partial charge in [0.15, 0.2) is 11.5 Å². The number of fused-ring (bicyclic) bond motifs is 1. The van der Waals surface area contributed by atoms with Crippen LogP contribution in [0.1, 0.15) is 10.4 Å². The number of hydrogen-bond donors (Lipinski definition) is 2. The lowest BCUT2D eigenvalue weighted by Gasteiger charge is -2.14. The Labute approximate surface area is 149 Å². The van der Waals surface area contributed by atoms with Gasteiger partial charge in [-0.1, -0.05) is 23.7 Å². The van der Waals surface area contributed by atoms with E-state index in [4.69, 9.17) is 25.8 Å². The second kappa shape index (κ2) is 6.94. The van der Waals surface area contributed by atoms with Crippen molar-refractivity contribution >= 4 is 34.1 Å². The lowest BCUT2D eigenvalue weighted by Crippen LogP contribution is -2.12. The molecule has 3 rings (SSSR count). The molecule has 0 spiro atoms. The average molecular weight is 361 g/mol. The van der Waals surface area contributed by atoms with E-state index in [9.17, 15) is 4.79 Å². The number of H-pyrrole nitrogens is 1. The Hall–Kier alpha value is -2.86. The van der Waals surface area contributed by atoms with Gasteiger partial charge in [-0.15, -0.1) is 0 Å². The highest BCUT2D eigenvalue weighted by Gasteiger charge is 2.23. The molecular weight excluding hydrogens is 344 g/mol. The summed E-state index contributed by atoms with van der Waals surface area (Å²) in [5.41, 5.74) is 1.63. The van der Waals surface area contributed by atoms with Gasteiger partial charge in [0.05, 0.1) is 48.5 Å². The predicted octanol–water partition coefficient (Wildman–Crippen LogP) is 4.10. The molecule has 0 atom stereocenters. The van der Waals surface area contributed by atoms with Crippen LogP contribution in [0, 0.1) is 0 Å². The molecule has 1 heterocycles. The van der Waals surface area contributed by atoms with Crippen molar-refractivity contribution < 1.29 is 19.0 Å². The molecule has 3 aromatic rings. The van der Waals surface area contributed by atoms with E-state index in [1.165, 1.54) is 21.3 Å². The minimum absolute atomic E-state index is 0.315. The van der Waals surface area contributed by atoms with Crippen molar-refractivity contribution in [2.24, 2.45) is 0 Å². The molecule has 0 fully saturated rings. The van der Waals surface area contributed by atoms with E-state index in [-0.39, 0.29) is 5.91 Å². The van der Waals surface area contributed by atoms with E-state index in [0.29, 0.717) is 44.4 Å². The first-order valence-corrected chi connectivity index (χ1v) is 7.84. The number of ether oxygens (including phenoxy) is 3. The molecule has 0 radical (unpaired) electrons. The van der Waals surface area contributed by atoms with Crippen LogP contribution in [-0.2, 0) is 0 Å². The van der Waals surface area contributed by atoms with Gasteiger partial charge in [-0.25, -0.2) is 0 Å². The Morgan fingerprint density at radius 1 is 1.08 bits per heavy atom. The van der Waals surface area contributed by atoms with E-state index in [1.807, 2.05) is 0 Å². The first kappa shape index (κ1) is 17.0. The molecule has 130 valence electrons. The quantitative estimate of drug-likeness (QED) is 0.718. The third kappa shape index (κ3) is 2.96. The third-order valence-corrected chi connectivity index (χ3v) is 4.17. The number of halogens is 1. The number of benzene rings is 2. The number of hydrogen-bond acceptors (Lipinski definition) is 4. The summed E-state index contributed by atoms with van der Waals surface area (Å²) in [6.07, 6.45) is 1.61. The van der Waals surface area contributed by atoms with Crippen LogP contribution in [0.2, 0.25) is 5.02 Å². The van der Waals surface area contributed by atoms with Crippen molar-refractivity contribution in [2.75, 3.05) is 26.6 Å². The molecule has 6 nitrogen and oxygen atoms in total. The molecule has 0 aliphatic carbocycles. The molecule has 0 saturated carbocycles. The van der Waals surface area contributed by atoms with Gasteiger partial charge in [0.25, 0.3) is 5.91 Å². The second-order valence-electron chi connectivity index (χ2n) is 5.20. The first-order chi connectivity index (χ1) is 12.1. The molecule has 0 unspecified atom stereocenters. The molecule has 0 aliphatic heterocycles. The summed E-state index contributed by atoms with van der Waals surface area (Å²) in [5, 5.41) is 3.87. The maximum Gasteiger partial charge on any atom is 0.258 e. The molecule has 2 N–H and O–H groups in total. The minimum Gasteiger partial charge on any atom is -0.493 e. The highest BCUT2D eigenvalue weighted by Crippen LogP contribution is 2.44. The highest BCUT2D eigenvalue weighted by atomic mass is 35.5. The van der Waals surface area contributed by atoms with E-state index in [1.54, 1.807) is 36.5 Å². The van der Waals surface area contributed by atoms with Gasteiger partial charge in [0.1, 0.15) is 0 Å². The van der Waals surface area contributed by atoms with E-state index >= 15 is 0 Å². The molecule has 1 aromatic heterocycles. The molecule has 1 amide bonds. The molecular formula is C18H17ClN2O4. The van der Waals surface area contributed by atoms with Crippen LogP contribution in [0.15, 0.2) is 36.5 Å². The van der Waals surface area contributed by atoms with Gasteiger partial charge < -0.3 is 24.5 Å². The minimum atomic E-state index is -0.315. The summed E-state index contributed by atoms with van der Waals surface area (Å²) in [6, 6.07) is 8.79. The number of amides is 1. The second-order valence-corrected chi connectivity index (χ2v) is 5.61. The maximum absolute atomic E-state index is 12.7. The summed E-state index contributed by atoms with van der Waals surface area (Å²) in [6.45, 7) is 0. The Balaban J connectivity index is 2.11. The Kier molecular flexibility index (Phi) is 4.72. The largest absolute Gasteiger partial charge is 0.493 e. The monoisotopic (exact) mass is 360 g/mol. The zero-order valence-corrected chi connectivity index (χ0v) is 14.7. The summed E-state index contributed by atoms with van der Waals surface area (Å²) in [7, 11) is 4.57. The third-order valence-electron chi connectivity index (χ3n) is 3.84. The van der Waals surface area contributed by atoms with Crippen LogP contribution in [0.3, 0.4) is 0 Å². The van der Waals surface area contributed by atoms with Crippen LogP contribution in [0.5, 0.6) is 17.2 Å². The van der Waals surface area contributed by atoms with Crippen molar-refractivity contribution in [3.8, 4) is 17.2 Å². The van der Waals surface area contributed by atoms with Crippen LogP contribution in [0.4, 0.5) is 5.69 Å². The van der Waals surface area contributed by atoms with Gasteiger partial charge in [-0.3, -0.25) is 4.79 Å². The number of anilines is 1. The average Bonchev–Trinajstić information content (AvgIpc) is 3.05. The van der Waals surface area contributed by atoms with E-state index in [0.717, 1.165) is 0 Å². The number of carbonyl (C=O) groups is 1. The smallest absolute Gasteiger partial charge is 0.258 e. The zero-order valence-electron chi connectivity index (χ0n) is 14.0. The molecule has 2 aromatic carbocycles. The number of para-hydroxylation sites is 1. The van der Waals surface area contributed by atoms with Gasteiger partial charge in [-0.05, 0) is 12.1 Å². The summed E-state index contributed by atoms with van der Waals surface area (Å²) >= 11 is 6.11. The summed E-state index contributed by atoms with van der Waals surface area (Å²) in [5.74, 6) is 1.03. The van der Waals surface area contributed by atoms with E-state index in [2.05, 4.69) is 10.3 Å². The van der Waals surface area contributed by atoms with Gasteiger partial charge in [-0.2, -0.15) is 0 Å². The number of rotatable bonds is 5. The lowest BCUT2D eigenvalue weighted by atomic mass is 10.1.